The predicted molar refractivity (Wildman–Crippen MR) is 84.7 cm³/mol. The Balaban J connectivity index is 0.00000137. The molecule has 0 heterocycles. The van der Waals surface area contributed by atoms with Crippen LogP contribution in [-0.4, -0.2) is 0 Å². The zero-order chi connectivity index (χ0) is 14.5. The maximum atomic E-state index is 2.49. The van der Waals surface area contributed by atoms with Gasteiger partial charge < -0.3 is 0 Å². The second-order valence-electron chi connectivity index (χ2n) is 7.24. The molecule has 0 radical (unpaired) electrons. The molecule has 0 aromatic carbocycles. The van der Waals surface area contributed by atoms with E-state index in [0.717, 1.165) is 41.4 Å². The minimum Gasteiger partial charge on any atom is -0.0683 e. The first kappa shape index (κ1) is 18.0. The highest BCUT2D eigenvalue weighted by Gasteiger charge is 2.43. The second-order valence-corrected chi connectivity index (χ2v) is 7.24. The summed E-state index contributed by atoms with van der Waals surface area (Å²) in [4.78, 5) is 0. The van der Waals surface area contributed by atoms with Crippen molar-refractivity contribution >= 4 is 0 Å². The maximum Gasteiger partial charge on any atom is -0.0329 e. The Morgan fingerprint density at radius 3 is 1.72 bits per heavy atom. The Bertz CT molecular complexity index is 202. The Kier molecular flexibility index (Phi) is 8.23. The van der Waals surface area contributed by atoms with Crippen molar-refractivity contribution in [1.29, 1.82) is 0 Å². The number of hydrogen-bond donors (Lipinski definition) is 0. The van der Waals surface area contributed by atoms with E-state index in [9.17, 15) is 0 Å². The van der Waals surface area contributed by atoms with E-state index in [1.54, 1.807) is 0 Å². The summed E-state index contributed by atoms with van der Waals surface area (Å²) in [7, 11) is 0. The van der Waals surface area contributed by atoms with Gasteiger partial charge in [0.05, 0.1) is 0 Å². The average Bonchev–Trinajstić information content (AvgIpc) is 2.59. The molecule has 0 aliphatic heterocycles. The maximum absolute atomic E-state index is 2.49. The molecule has 1 fully saturated rings. The lowest BCUT2D eigenvalue weighted by Gasteiger charge is -2.32. The lowest BCUT2D eigenvalue weighted by atomic mass is 9.73. The third-order valence-corrected chi connectivity index (χ3v) is 4.73. The summed E-state index contributed by atoms with van der Waals surface area (Å²) >= 11 is 0. The minimum atomic E-state index is 0.861. The number of rotatable bonds is 4. The molecule has 4 unspecified atom stereocenters. The van der Waals surface area contributed by atoms with Gasteiger partial charge in [0, 0.05) is 0 Å². The first-order chi connectivity index (χ1) is 8.34. The molecule has 18 heavy (non-hydrogen) atoms. The molecule has 0 bridgehead atoms. The summed E-state index contributed by atoms with van der Waals surface area (Å²) in [6, 6.07) is 0. The van der Waals surface area contributed by atoms with Crippen molar-refractivity contribution in [3.05, 3.63) is 0 Å². The van der Waals surface area contributed by atoms with Gasteiger partial charge in [0.25, 0.3) is 0 Å². The van der Waals surface area contributed by atoms with Gasteiger partial charge in [0.2, 0.25) is 0 Å². The molecule has 0 nitrogen and oxygen atoms in total. The fraction of sp³-hybridized carbons (Fsp3) is 1.00. The zero-order valence-electron chi connectivity index (χ0n) is 14.5. The molecule has 0 heteroatoms. The van der Waals surface area contributed by atoms with Gasteiger partial charge in [-0.3, -0.25) is 0 Å². The quantitative estimate of drug-likeness (QED) is 0.555. The largest absolute Gasteiger partial charge is 0.0683 e. The summed E-state index contributed by atoms with van der Waals surface area (Å²) in [6.07, 6.45) is 2.91. The highest BCUT2D eigenvalue weighted by Crippen LogP contribution is 2.50. The summed E-state index contributed by atoms with van der Waals surface area (Å²) < 4.78 is 0. The lowest BCUT2D eigenvalue weighted by Crippen LogP contribution is -2.26. The van der Waals surface area contributed by atoms with Crippen LogP contribution in [0.5, 0.6) is 0 Å². The van der Waals surface area contributed by atoms with Crippen LogP contribution in [0.2, 0.25) is 0 Å². The van der Waals surface area contributed by atoms with Crippen molar-refractivity contribution in [1.82, 2.24) is 0 Å². The van der Waals surface area contributed by atoms with Crippen LogP contribution in [0.3, 0.4) is 0 Å². The van der Waals surface area contributed by atoms with Crippen LogP contribution in [0.25, 0.3) is 0 Å². The van der Waals surface area contributed by atoms with Crippen LogP contribution in [0.4, 0.5) is 0 Å². The molecule has 4 atom stereocenters. The second kappa shape index (κ2) is 8.23. The molecule has 0 N–H and O–H groups in total. The van der Waals surface area contributed by atoms with Gasteiger partial charge in [-0.05, 0) is 54.3 Å². The summed E-state index contributed by atoms with van der Waals surface area (Å²) in [5, 5.41) is 0. The third-order valence-electron chi connectivity index (χ3n) is 4.73. The van der Waals surface area contributed by atoms with Gasteiger partial charge in [-0.15, -0.1) is 0 Å². The molecule has 1 rings (SSSR count). The molecular formula is C18H38. The normalized spacial score (nSPS) is 32.0. The van der Waals surface area contributed by atoms with Crippen molar-refractivity contribution < 1.29 is 0 Å². The van der Waals surface area contributed by atoms with E-state index in [4.69, 9.17) is 0 Å². The number of hydrogen-bond acceptors (Lipinski definition) is 0. The molecular weight excluding hydrogens is 216 g/mol. The molecule has 1 aliphatic rings. The van der Waals surface area contributed by atoms with Crippen molar-refractivity contribution in [2.45, 2.75) is 75.2 Å². The van der Waals surface area contributed by atoms with Crippen LogP contribution in [0.15, 0.2) is 0 Å². The molecule has 0 aromatic heterocycles. The summed E-state index contributed by atoms with van der Waals surface area (Å²) in [6.45, 7) is 21.0. The Labute approximate surface area is 117 Å². The average molecular weight is 255 g/mol. The highest BCUT2D eigenvalue weighted by atomic mass is 14.5. The van der Waals surface area contributed by atoms with Gasteiger partial charge in [-0.1, -0.05) is 62.3 Å². The minimum absolute atomic E-state index is 0.861. The molecule has 0 amide bonds. The van der Waals surface area contributed by atoms with Crippen LogP contribution >= 0.6 is 0 Å². The Hall–Kier alpha value is 0. The van der Waals surface area contributed by atoms with E-state index in [1.807, 2.05) is 13.8 Å². The van der Waals surface area contributed by atoms with Crippen molar-refractivity contribution in [2.75, 3.05) is 0 Å². The van der Waals surface area contributed by atoms with Gasteiger partial charge in [0.15, 0.2) is 0 Å². The first-order valence-corrected chi connectivity index (χ1v) is 8.34. The van der Waals surface area contributed by atoms with Gasteiger partial charge in [-0.2, -0.15) is 0 Å². The molecule has 1 aliphatic carbocycles. The summed E-state index contributed by atoms with van der Waals surface area (Å²) in [5.41, 5.74) is 0. The Morgan fingerprint density at radius 2 is 1.39 bits per heavy atom. The van der Waals surface area contributed by atoms with E-state index >= 15 is 0 Å². The molecule has 110 valence electrons. The predicted octanol–water partition coefficient (Wildman–Crippen LogP) is 6.26. The van der Waals surface area contributed by atoms with E-state index in [-0.39, 0.29) is 0 Å². The van der Waals surface area contributed by atoms with Gasteiger partial charge in [0.1, 0.15) is 0 Å². The topological polar surface area (TPSA) is 0 Å². The van der Waals surface area contributed by atoms with Crippen LogP contribution < -0.4 is 0 Å². The molecule has 0 saturated heterocycles. The fourth-order valence-corrected chi connectivity index (χ4v) is 4.10. The molecule has 0 spiro atoms. The standard InChI is InChI=1S/C16H32.C2H6/c1-10(2)8-15-13(7)9-14(11(3)4)16(15)12(5)6;1-2/h10-16H,8-9H2,1-7H3;1-2H3. The highest BCUT2D eigenvalue weighted by molar-refractivity contribution is 4.92. The van der Waals surface area contributed by atoms with Crippen molar-refractivity contribution in [3.63, 3.8) is 0 Å². The molecule has 0 aromatic rings. The van der Waals surface area contributed by atoms with Crippen LogP contribution in [0.1, 0.15) is 75.2 Å². The van der Waals surface area contributed by atoms with Crippen molar-refractivity contribution in [2.24, 2.45) is 41.4 Å². The van der Waals surface area contributed by atoms with Gasteiger partial charge >= 0.3 is 0 Å². The van der Waals surface area contributed by atoms with E-state index in [1.165, 1.54) is 12.8 Å². The van der Waals surface area contributed by atoms with E-state index in [2.05, 4.69) is 48.5 Å². The third kappa shape index (κ3) is 4.59. The van der Waals surface area contributed by atoms with E-state index < -0.39 is 0 Å². The van der Waals surface area contributed by atoms with Crippen molar-refractivity contribution in [3.8, 4) is 0 Å². The lowest BCUT2D eigenvalue weighted by molar-refractivity contribution is 0.165. The van der Waals surface area contributed by atoms with Crippen LogP contribution in [0, 0.1) is 41.4 Å². The van der Waals surface area contributed by atoms with E-state index in [0.29, 0.717) is 0 Å². The fourth-order valence-electron chi connectivity index (χ4n) is 4.10. The van der Waals surface area contributed by atoms with Gasteiger partial charge in [-0.25, -0.2) is 0 Å². The molecule has 1 saturated carbocycles. The monoisotopic (exact) mass is 254 g/mol. The first-order valence-electron chi connectivity index (χ1n) is 8.34. The summed E-state index contributed by atoms with van der Waals surface area (Å²) in [5.74, 6) is 6.46. The Morgan fingerprint density at radius 1 is 0.889 bits per heavy atom. The zero-order valence-corrected chi connectivity index (χ0v) is 14.5. The SMILES string of the molecule is CC.CC(C)CC1C(C)CC(C(C)C)C1C(C)C. The van der Waals surface area contributed by atoms with Crippen LogP contribution in [-0.2, 0) is 0 Å². The smallest absolute Gasteiger partial charge is 0.0329 e.